The highest BCUT2D eigenvalue weighted by Crippen LogP contribution is 2.24. The Labute approximate surface area is 155 Å². The number of rotatable bonds is 7. The lowest BCUT2D eigenvalue weighted by atomic mass is 10.2. The molecule has 0 aliphatic heterocycles. The molecule has 0 spiro atoms. The van der Waals surface area contributed by atoms with Crippen LogP contribution in [0.15, 0.2) is 54.9 Å². The summed E-state index contributed by atoms with van der Waals surface area (Å²) in [4.78, 5) is 23.3. The molecule has 0 aliphatic carbocycles. The largest absolute Gasteiger partial charge is 0.394 e. The van der Waals surface area contributed by atoms with Gasteiger partial charge in [-0.25, -0.2) is 4.98 Å². The number of nitrogens with zero attached hydrogens (tertiary/aromatic N) is 4. The molecule has 0 fully saturated rings. The van der Waals surface area contributed by atoms with Crippen molar-refractivity contribution in [3.05, 3.63) is 65.0 Å². The van der Waals surface area contributed by atoms with Gasteiger partial charge < -0.3 is 15.7 Å². The number of nitro groups is 1. The summed E-state index contributed by atoms with van der Waals surface area (Å²) in [5, 5.41) is 26.2. The third kappa shape index (κ3) is 4.73. The van der Waals surface area contributed by atoms with Crippen molar-refractivity contribution >= 4 is 23.1 Å². The molecule has 0 amide bonds. The van der Waals surface area contributed by atoms with Gasteiger partial charge in [0.15, 0.2) is 0 Å². The van der Waals surface area contributed by atoms with Gasteiger partial charge in [0.1, 0.15) is 5.82 Å². The van der Waals surface area contributed by atoms with E-state index in [1.165, 1.54) is 12.1 Å². The Hall–Kier alpha value is -3.59. The molecule has 2 heterocycles. The predicted octanol–water partition coefficient (Wildman–Crippen LogP) is 2.98. The van der Waals surface area contributed by atoms with E-state index in [1.807, 2.05) is 19.1 Å². The zero-order chi connectivity index (χ0) is 19.2. The molecule has 0 saturated carbocycles. The van der Waals surface area contributed by atoms with E-state index in [1.54, 1.807) is 30.6 Å². The normalized spacial score (nSPS) is 11.6. The van der Waals surface area contributed by atoms with E-state index in [2.05, 4.69) is 25.6 Å². The lowest BCUT2D eigenvalue weighted by Gasteiger charge is -2.14. The molecular formula is C18H18N6O3. The number of non-ortho nitro benzene ring substituents is 1. The third-order valence-electron chi connectivity index (χ3n) is 3.68. The molecule has 3 aromatic rings. The molecule has 1 atom stereocenters. The van der Waals surface area contributed by atoms with Crippen molar-refractivity contribution in [2.24, 2.45) is 0 Å². The first-order valence-electron chi connectivity index (χ1n) is 8.23. The van der Waals surface area contributed by atoms with Crippen LogP contribution in [0, 0.1) is 10.1 Å². The van der Waals surface area contributed by atoms with Crippen LogP contribution in [0.5, 0.6) is 0 Å². The van der Waals surface area contributed by atoms with Crippen molar-refractivity contribution in [2.75, 3.05) is 17.2 Å². The zero-order valence-corrected chi connectivity index (χ0v) is 14.5. The summed E-state index contributed by atoms with van der Waals surface area (Å²) in [5.41, 5.74) is 2.12. The molecule has 0 unspecified atom stereocenters. The van der Waals surface area contributed by atoms with Gasteiger partial charge in [0, 0.05) is 47.9 Å². The van der Waals surface area contributed by atoms with Crippen LogP contribution in [0.3, 0.4) is 0 Å². The summed E-state index contributed by atoms with van der Waals surface area (Å²) in [6.45, 7) is 1.75. The van der Waals surface area contributed by atoms with E-state index in [0.29, 0.717) is 23.1 Å². The van der Waals surface area contributed by atoms with E-state index in [9.17, 15) is 15.2 Å². The summed E-state index contributed by atoms with van der Waals surface area (Å²) < 4.78 is 0. The number of nitrogens with one attached hydrogen (secondary N) is 2. The van der Waals surface area contributed by atoms with Gasteiger partial charge in [-0.3, -0.25) is 15.1 Å². The van der Waals surface area contributed by atoms with Crippen molar-refractivity contribution in [3.63, 3.8) is 0 Å². The number of aliphatic hydroxyl groups is 1. The first-order chi connectivity index (χ1) is 13.0. The van der Waals surface area contributed by atoms with Crippen molar-refractivity contribution in [2.45, 2.75) is 13.0 Å². The summed E-state index contributed by atoms with van der Waals surface area (Å²) in [6, 6.07) is 11.3. The highest BCUT2D eigenvalue weighted by Gasteiger charge is 2.10. The summed E-state index contributed by atoms with van der Waals surface area (Å²) in [5.74, 6) is 0.854. The van der Waals surface area contributed by atoms with Crippen molar-refractivity contribution in [3.8, 4) is 11.3 Å². The molecule has 0 aliphatic rings. The number of anilines is 3. The van der Waals surface area contributed by atoms with Gasteiger partial charge in [-0.2, -0.15) is 4.98 Å². The molecular weight excluding hydrogens is 348 g/mol. The second kappa shape index (κ2) is 8.19. The van der Waals surface area contributed by atoms with Gasteiger partial charge in [-0.1, -0.05) is 0 Å². The first kappa shape index (κ1) is 18.2. The molecule has 9 nitrogen and oxygen atoms in total. The van der Waals surface area contributed by atoms with Crippen molar-refractivity contribution in [1.82, 2.24) is 15.0 Å². The number of hydrogen-bond acceptors (Lipinski definition) is 8. The van der Waals surface area contributed by atoms with Gasteiger partial charge >= 0.3 is 0 Å². The summed E-state index contributed by atoms with van der Waals surface area (Å²) >= 11 is 0. The van der Waals surface area contributed by atoms with Crippen LogP contribution in [0.4, 0.5) is 23.1 Å². The van der Waals surface area contributed by atoms with Crippen LogP contribution >= 0.6 is 0 Å². The van der Waals surface area contributed by atoms with Gasteiger partial charge in [0.05, 0.1) is 17.2 Å². The maximum Gasteiger partial charge on any atom is 0.269 e. The minimum atomic E-state index is -0.451. The maximum atomic E-state index is 10.8. The van der Waals surface area contributed by atoms with Crippen molar-refractivity contribution in [1.29, 1.82) is 0 Å². The quantitative estimate of drug-likeness (QED) is 0.430. The fourth-order valence-electron chi connectivity index (χ4n) is 2.32. The number of pyridine rings is 1. The number of hydrogen-bond donors (Lipinski definition) is 3. The smallest absolute Gasteiger partial charge is 0.269 e. The van der Waals surface area contributed by atoms with Crippen molar-refractivity contribution < 1.29 is 10.0 Å². The molecule has 0 radical (unpaired) electrons. The second-order valence-corrected chi connectivity index (χ2v) is 5.86. The molecule has 2 aromatic heterocycles. The lowest BCUT2D eigenvalue weighted by Crippen LogP contribution is -2.21. The average Bonchev–Trinajstić information content (AvgIpc) is 2.69. The van der Waals surface area contributed by atoms with Gasteiger partial charge in [-0.15, -0.1) is 0 Å². The monoisotopic (exact) mass is 366 g/mol. The number of benzene rings is 1. The van der Waals surface area contributed by atoms with E-state index >= 15 is 0 Å². The fraction of sp³-hybridized carbons (Fsp3) is 0.167. The summed E-state index contributed by atoms with van der Waals surface area (Å²) in [7, 11) is 0. The first-order valence-corrected chi connectivity index (χ1v) is 8.23. The summed E-state index contributed by atoms with van der Waals surface area (Å²) in [6.07, 6.45) is 3.37. The molecule has 3 rings (SSSR count). The highest BCUT2D eigenvalue weighted by molar-refractivity contribution is 5.67. The molecule has 27 heavy (non-hydrogen) atoms. The Morgan fingerprint density at radius 1 is 1.22 bits per heavy atom. The van der Waals surface area contributed by atoms with E-state index in [-0.39, 0.29) is 18.3 Å². The predicted molar refractivity (Wildman–Crippen MR) is 102 cm³/mol. The van der Waals surface area contributed by atoms with Gasteiger partial charge in [0.25, 0.3) is 5.69 Å². The molecule has 0 bridgehead atoms. The second-order valence-electron chi connectivity index (χ2n) is 5.86. The Morgan fingerprint density at radius 3 is 2.63 bits per heavy atom. The Balaban J connectivity index is 1.93. The minimum Gasteiger partial charge on any atom is -0.394 e. The number of nitro benzene ring substituents is 1. The molecule has 3 N–H and O–H groups in total. The number of aromatic nitrogens is 3. The van der Waals surface area contributed by atoms with Gasteiger partial charge in [-0.05, 0) is 31.2 Å². The maximum absolute atomic E-state index is 10.8. The van der Waals surface area contributed by atoms with Crippen LogP contribution < -0.4 is 10.6 Å². The van der Waals surface area contributed by atoms with Crippen LogP contribution in [0.1, 0.15) is 6.92 Å². The highest BCUT2D eigenvalue weighted by atomic mass is 16.6. The zero-order valence-electron chi connectivity index (χ0n) is 14.5. The van der Waals surface area contributed by atoms with E-state index in [4.69, 9.17) is 0 Å². The molecule has 9 heteroatoms. The molecule has 0 saturated heterocycles. The third-order valence-corrected chi connectivity index (χ3v) is 3.68. The molecule has 138 valence electrons. The van der Waals surface area contributed by atoms with Crippen LogP contribution in [-0.4, -0.2) is 37.6 Å². The minimum absolute atomic E-state index is 0.0124. The van der Waals surface area contributed by atoms with E-state index in [0.717, 1.165) is 5.56 Å². The number of aliphatic hydroxyl groups excluding tert-OH is 1. The van der Waals surface area contributed by atoms with Crippen LogP contribution in [0.25, 0.3) is 11.3 Å². The molecule has 1 aromatic carbocycles. The Kier molecular flexibility index (Phi) is 5.53. The Morgan fingerprint density at radius 2 is 2.00 bits per heavy atom. The van der Waals surface area contributed by atoms with E-state index < -0.39 is 4.92 Å². The van der Waals surface area contributed by atoms with Crippen LogP contribution in [0.2, 0.25) is 0 Å². The average molecular weight is 366 g/mol. The Bertz CT molecular complexity index is 918. The van der Waals surface area contributed by atoms with Gasteiger partial charge in [0.2, 0.25) is 5.95 Å². The topological polar surface area (TPSA) is 126 Å². The lowest BCUT2D eigenvalue weighted by molar-refractivity contribution is -0.384. The fourth-order valence-corrected chi connectivity index (χ4v) is 2.32. The standard InChI is InChI=1S/C18H18N6O3/c1-12(11-25)20-18-22-16(13-3-2-8-19-10-13)9-17(23-18)21-14-4-6-15(7-5-14)24(26)27/h2-10,12,25H,11H2,1H3,(H2,20,21,22,23)/t12-/m1/s1. The SMILES string of the molecule is C[C@H](CO)Nc1nc(Nc2ccc([N+](=O)[O-])cc2)cc(-c2cccnc2)n1. The van der Waals surface area contributed by atoms with Crippen LogP contribution in [-0.2, 0) is 0 Å².